The minimum Gasteiger partial charge on any atom is -0.390 e. The summed E-state index contributed by atoms with van der Waals surface area (Å²) in [4.78, 5) is 14.4. The molecule has 2 N–H and O–H groups in total. The Labute approximate surface area is 160 Å². The number of nitrogens with zero attached hydrogens (tertiary/aromatic N) is 1. The predicted molar refractivity (Wildman–Crippen MR) is 110 cm³/mol. The molecule has 0 aromatic rings. The van der Waals surface area contributed by atoms with E-state index in [1.807, 2.05) is 13.0 Å². The molecule has 0 spiro atoms. The molecule has 1 fully saturated rings. The molecule has 1 heterocycles. The van der Waals surface area contributed by atoms with E-state index in [1.165, 1.54) is 17.3 Å². The first-order chi connectivity index (χ1) is 12.3. The van der Waals surface area contributed by atoms with Crippen molar-refractivity contribution >= 4 is 5.91 Å². The molecule has 1 aliphatic rings. The summed E-state index contributed by atoms with van der Waals surface area (Å²) in [5.74, 6) is -0.0708. The lowest BCUT2D eigenvalue weighted by molar-refractivity contribution is -0.116. The average molecular weight is 363 g/mol. The third-order valence-electron chi connectivity index (χ3n) is 5.43. The van der Waals surface area contributed by atoms with Crippen molar-refractivity contribution in [2.24, 2.45) is 0 Å². The number of carbonyl (C=O) groups is 1. The highest BCUT2D eigenvalue weighted by atomic mass is 16.3. The van der Waals surface area contributed by atoms with Crippen molar-refractivity contribution in [1.29, 1.82) is 0 Å². The average Bonchev–Trinajstić information content (AvgIpc) is 2.76. The Morgan fingerprint density at radius 2 is 2.00 bits per heavy atom. The van der Waals surface area contributed by atoms with Crippen molar-refractivity contribution in [3.05, 3.63) is 35.6 Å². The van der Waals surface area contributed by atoms with E-state index < -0.39 is 5.60 Å². The maximum Gasteiger partial charge on any atom is 0.252 e. The van der Waals surface area contributed by atoms with Gasteiger partial charge in [-0.1, -0.05) is 30.7 Å². The number of allylic oxidation sites excluding steroid dienone is 3. The van der Waals surface area contributed by atoms with Crippen LogP contribution in [-0.4, -0.2) is 41.1 Å². The maximum atomic E-state index is 12.1. The third kappa shape index (κ3) is 7.88. The van der Waals surface area contributed by atoms with E-state index in [0.717, 1.165) is 63.6 Å². The fourth-order valence-corrected chi connectivity index (χ4v) is 3.48. The maximum absolute atomic E-state index is 12.1. The van der Waals surface area contributed by atoms with Gasteiger partial charge in [0.2, 0.25) is 0 Å². The number of aliphatic hydroxyl groups is 1. The SMILES string of the molecule is C=CNC(=O)/C(=C\CC)CN1CCCC(O)(CCCC(C)=C(C)C)CC1. The molecule has 0 aliphatic carbocycles. The summed E-state index contributed by atoms with van der Waals surface area (Å²) in [6.07, 6.45) is 9.82. The zero-order chi connectivity index (χ0) is 19.6. The largest absolute Gasteiger partial charge is 0.390 e. The molecule has 1 unspecified atom stereocenters. The van der Waals surface area contributed by atoms with Gasteiger partial charge in [-0.2, -0.15) is 0 Å². The second-order valence-corrected chi connectivity index (χ2v) is 7.80. The van der Waals surface area contributed by atoms with Crippen LogP contribution < -0.4 is 5.32 Å². The van der Waals surface area contributed by atoms with E-state index in [1.54, 1.807) is 0 Å². The van der Waals surface area contributed by atoms with Crippen LogP contribution in [0.3, 0.4) is 0 Å². The van der Waals surface area contributed by atoms with Crippen LogP contribution >= 0.6 is 0 Å². The topological polar surface area (TPSA) is 52.6 Å². The van der Waals surface area contributed by atoms with Gasteiger partial charge >= 0.3 is 0 Å². The lowest BCUT2D eigenvalue weighted by Gasteiger charge is -2.27. The number of amides is 1. The van der Waals surface area contributed by atoms with Crippen molar-refractivity contribution in [1.82, 2.24) is 10.2 Å². The number of nitrogens with one attached hydrogen (secondary N) is 1. The molecular weight excluding hydrogens is 324 g/mol. The van der Waals surface area contributed by atoms with E-state index in [9.17, 15) is 9.90 Å². The quantitative estimate of drug-likeness (QED) is 0.474. The Hall–Kier alpha value is -1.39. The summed E-state index contributed by atoms with van der Waals surface area (Å²) in [6.45, 7) is 14.5. The van der Waals surface area contributed by atoms with Crippen molar-refractivity contribution in [2.75, 3.05) is 19.6 Å². The molecule has 1 aliphatic heterocycles. The van der Waals surface area contributed by atoms with Crippen LogP contribution in [0.4, 0.5) is 0 Å². The van der Waals surface area contributed by atoms with Crippen LogP contribution in [0.25, 0.3) is 0 Å². The van der Waals surface area contributed by atoms with E-state index in [2.05, 4.69) is 37.6 Å². The molecule has 4 nitrogen and oxygen atoms in total. The van der Waals surface area contributed by atoms with Gasteiger partial charge in [0.15, 0.2) is 0 Å². The zero-order valence-electron chi connectivity index (χ0n) is 17.2. The van der Waals surface area contributed by atoms with Crippen LogP contribution in [-0.2, 0) is 4.79 Å². The molecule has 4 heteroatoms. The van der Waals surface area contributed by atoms with Crippen LogP contribution in [0.2, 0.25) is 0 Å². The molecule has 1 saturated heterocycles. The summed E-state index contributed by atoms with van der Waals surface area (Å²) in [6, 6.07) is 0. The van der Waals surface area contributed by atoms with E-state index in [4.69, 9.17) is 0 Å². The second-order valence-electron chi connectivity index (χ2n) is 7.80. The number of hydrogen-bond acceptors (Lipinski definition) is 3. The Kier molecular flexibility index (Phi) is 9.89. The number of likely N-dealkylation sites (tertiary alicyclic amines) is 1. The normalized spacial score (nSPS) is 21.8. The van der Waals surface area contributed by atoms with Gasteiger partial charge in [-0.15, -0.1) is 0 Å². The fraction of sp³-hybridized carbons (Fsp3) is 0.682. The van der Waals surface area contributed by atoms with Gasteiger partial charge in [0.1, 0.15) is 0 Å². The van der Waals surface area contributed by atoms with Crippen molar-refractivity contribution in [3.63, 3.8) is 0 Å². The summed E-state index contributed by atoms with van der Waals surface area (Å²) in [5.41, 5.74) is 3.05. The monoisotopic (exact) mass is 362 g/mol. The van der Waals surface area contributed by atoms with E-state index >= 15 is 0 Å². The number of carbonyl (C=O) groups excluding carboxylic acids is 1. The molecular formula is C22H38N2O2. The summed E-state index contributed by atoms with van der Waals surface area (Å²) in [5, 5.41) is 13.7. The lowest BCUT2D eigenvalue weighted by atomic mass is 9.88. The van der Waals surface area contributed by atoms with Crippen LogP contribution in [0.5, 0.6) is 0 Å². The second kappa shape index (κ2) is 11.3. The van der Waals surface area contributed by atoms with Crippen LogP contribution in [0.15, 0.2) is 35.6 Å². The fourth-order valence-electron chi connectivity index (χ4n) is 3.48. The Morgan fingerprint density at radius 3 is 2.62 bits per heavy atom. The van der Waals surface area contributed by atoms with Crippen LogP contribution in [0.1, 0.15) is 72.6 Å². The minimum atomic E-state index is -0.561. The first kappa shape index (κ1) is 22.7. The molecule has 0 aromatic carbocycles. The molecule has 148 valence electrons. The molecule has 1 rings (SSSR count). The van der Waals surface area contributed by atoms with Gasteiger partial charge in [-0.25, -0.2) is 0 Å². The molecule has 0 aromatic heterocycles. The van der Waals surface area contributed by atoms with Gasteiger partial charge in [0, 0.05) is 18.7 Å². The lowest BCUT2D eigenvalue weighted by Crippen LogP contribution is -2.34. The highest BCUT2D eigenvalue weighted by Crippen LogP contribution is 2.29. The Morgan fingerprint density at radius 1 is 1.27 bits per heavy atom. The minimum absolute atomic E-state index is 0.0708. The highest BCUT2D eigenvalue weighted by Gasteiger charge is 2.30. The number of hydrogen-bond donors (Lipinski definition) is 2. The third-order valence-corrected chi connectivity index (χ3v) is 5.43. The predicted octanol–water partition coefficient (Wildman–Crippen LogP) is 4.33. The van der Waals surface area contributed by atoms with Gasteiger partial charge in [0.25, 0.3) is 5.91 Å². The first-order valence-electron chi connectivity index (χ1n) is 10.00. The van der Waals surface area contributed by atoms with Gasteiger partial charge in [-0.05, 0) is 78.5 Å². The van der Waals surface area contributed by atoms with Crippen LogP contribution in [0, 0.1) is 0 Å². The summed E-state index contributed by atoms with van der Waals surface area (Å²) >= 11 is 0. The summed E-state index contributed by atoms with van der Waals surface area (Å²) < 4.78 is 0. The van der Waals surface area contributed by atoms with Crippen molar-refractivity contribution in [2.45, 2.75) is 78.2 Å². The molecule has 0 saturated carbocycles. The Bertz CT molecular complexity index is 532. The highest BCUT2D eigenvalue weighted by molar-refractivity contribution is 5.94. The molecule has 1 atom stereocenters. The van der Waals surface area contributed by atoms with Gasteiger partial charge < -0.3 is 10.4 Å². The van der Waals surface area contributed by atoms with Crippen molar-refractivity contribution in [3.8, 4) is 0 Å². The molecule has 1 amide bonds. The van der Waals surface area contributed by atoms with E-state index in [-0.39, 0.29) is 5.91 Å². The molecule has 0 bridgehead atoms. The summed E-state index contributed by atoms with van der Waals surface area (Å²) in [7, 11) is 0. The standard InChI is InChI=1S/C22H38N2O2/c1-6-10-20(21(25)23-7-2)17-24-15-9-13-22(26,14-16-24)12-8-11-19(5)18(3)4/h7,10,26H,2,6,8-9,11-17H2,1,3-5H3,(H,23,25)/b20-10-. The Balaban J connectivity index is 2.58. The molecule has 26 heavy (non-hydrogen) atoms. The smallest absolute Gasteiger partial charge is 0.252 e. The zero-order valence-corrected chi connectivity index (χ0v) is 17.2. The van der Waals surface area contributed by atoms with Crippen molar-refractivity contribution < 1.29 is 9.90 Å². The molecule has 0 radical (unpaired) electrons. The van der Waals surface area contributed by atoms with Gasteiger partial charge in [0.05, 0.1) is 5.60 Å². The first-order valence-corrected chi connectivity index (χ1v) is 10.00. The van der Waals surface area contributed by atoms with E-state index in [0.29, 0.717) is 6.54 Å². The number of rotatable bonds is 9. The van der Waals surface area contributed by atoms with Gasteiger partial charge in [-0.3, -0.25) is 9.69 Å².